The molecule has 5 heteroatoms. The molecule has 2 nitrogen and oxygen atoms in total. The fourth-order valence-corrected chi connectivity index (χ4v) is 4.40. The van der Waals surface area contributed by atoms with Gasteiger partial charge in [0.2, 0.25) is 0 Å². The molecule has 0 aliphatic heterocycles. The molecule has 3 rings (SSSR count). The highest BCUT2D eigenvalue weighted by atomic mass is 32.2. The molecule has 0 spiro atoms. The molecule has 1 N–H and O–H groups in total. The van der Waals surface area contributed by atoms with Gasteiger partial charge in [-0.15, -0.1) is 0 Å². The van der Waals surface area contributed by atoms with Crippen molar-refractivity contribution in [3.8, 4) is 0 Å². The first kappa shape index (κ1) is 14.1. The van der Waals surface area contributed by atoms with Crippen molar-refractivity contribution in [1.29, 1.82) is 0 Å². The summed E-state index contributed by atoms with van der Waals surface area (Å²) < 4.78 is 16.8. The second-order valence-corrected chi connectivity index (χ2v) is 7.39. The summed E-state index contributed by atoms with van der Waals surface area (Å²) in [6.45, 7) is 2.72. The van der Waals surface area contributed by atoms with Crippen molar-refractivity contribution in [2.45, 2.75) is 43.9 Å². The third kappa shape index (κ3) is 2.31. The number of benzene rings is 1. The first-order valence-corrected chi connectivity index (χ1v) is 8.62. The van der Waals surface area contributed by atoms with Crippen molar-refractivity contribution in [1.82, 2.24) is 9.55 Å². The summed E-state index contributed by atoms with van der Waals surface area (Å²) in [6.07, 6.45) is 7.26. The summed E-state index contributed by atoms with van der Waals surface area (Å²) in [7, 11) is 0. The molecule has 20 heavy (non-hydrogen) atoms. The van der Waals surface area contributed by atoms with Gasteiger partial charge in [-0.3, -0.25) is 0 Å². The van der Waals surface area contributed by atoms with Crippen molar-refractivity contribution in [2.24, 2.45) is 0 Å². The number of aryl methyl sites for hydroxylation is 1. The summed E-state index contributed by atoms with van der Waals surface area (Å²) in [5.41, 5.74) is 2.49. The Bertz CT molecular complexity index is 696. The van der Waals surface area contributed by atoms with Crippen molar-refractivity contribution >= 4 is 35.0 Å². The molecule has 0 saturated heterocycles. The maximum atomic E-state index is 13.7. The molecule has 1 aromatic heterocycles. The van der Waals surface area contributed by atoms with Gasteiger partial charge in [-0.1, -0.05) is 12.8 Å². The average molecular weight is 310 g/mol. The monoisotopic (exact) mass is 310 g/mol. The predicted octanol–water partition coefficient (Wildman–Crippen LogP) is 4.82. The molecule has 1 saturated carbocycles. The predicted molar refractivity (Wildman–Crippen MR) is 86.5 cm³/mol. The maximum Gasteiger partial charge on any atom is 0.178 e. The number of nitrogens with one attached hydrogen (secondary N) is 1. The zero-order valence-electron chi connectivity index (χ0n) is 11.8. The van der Waals surface area contributed by atoms with Gasteiger partial charge in [0.15, 0.2) is 4.77 Å². The Morgan fingerprint density at radius 3 is 2.75 bits per heavy atom. The van der Waals surface area contributed by atoms with Crippen LogP contribution in [0.1, 0.15) is 31.2 Å². The number of hydrogen-bond acceptors (Lipinski definition) is 2. The van der Waals surface area contributed by atoms with Gasteiger partial charge < -0.3 is 9.55 Å². The van der Waals surface area contributed by atoms with E-state index in [1.807, 2.05) is 17.8 Å². The first-order chi connectivity index (χ1) is 9.54. The number of thioether (sulfide) groups is 1. The van der Waals surface area contributed by atoms with Crippen LogP contribution < -0.4 is 0 Å². The van der Waals surface area contributed by atoms with E-state index in [9.17, 15) is 4.39 Å². The van der Waals surface area contributed by atoms with Gasteiger partial charge in [0.1, 0.15) is 5.82 Å². The summed E-state index contributed by atoms with van der Waals surface area (Å²) in [6, 6.07) is 3.46. The Balaban J connectivity index is 2.09. The van der Waals surface area contributed by atoms with Gasteiger partial charge in [-0.05, 0) is 55.9 Å². The Labute approximate surface area is 127 Å². The van der Waals surface area contributed by atoms with Crippen molar-refractivity contribution < 1.29 is 4.39 Å². The smallest absolute Gasteiger partial charge is 0.178 e. The van der Waals surface area contributed by atoms with Crippen LogP contribution in [0.5, 0.6) is 0 Å². The van der Waals surface area contributed by atoms with Gasteiger partial charge in [0.05, 0.1) is 11.0 Å². The van der Waals surface area contributed by atoms with Crippen LogP contribution in [0.25, 0.3) is 11.0 Å². The summed E-state index contributed by atoms with van der Waals surface area (Å²) in [5, 5.41) is 0. The maximum absolute atomic E-state index is 13.7. The lowest BCUT2D eigenvalue weighted by Crippen LogP contribution is -2.26. The van der Waals surface area contributed by atoms with Crippen LogP contribution in [-0.2, 0) is 6.54 Å². The first-order valence-electron chi connectivity index (χ1n) is 6.98. The van der Waals surface area contributed by atoms with Crippen LogP contribution in [0.3, 0.4) is 0 Å². The topological polar surface area (TPSA) is 20.7 Å². The lowest BCUT2D eigenvalue weighted by Gasteiger charge is -2.27. The SMILES string of the molecule is CSC1(Cn2c(=S)[nH]c3cc(F)c(C)cc32)CCCC1. The van der Waals surface area contributed by atoms with Gasteiger partial charge in [-0.25, -0.2) is 4.39 Å². The summed E-state index contributed by atoms with van der Waals surface area (Å²) in [4.78, 5) is 3.14. The van der Waals surface area contributed by atoms with Crippen LogP contribution in [0, 0.1) is 17.5 Å². The molecule has 0 unspecified atom stereocenters. The van der Waals surface area contributed by atoms with Crippen molar-refractivity contribution in [2.75, 3.05) is 6.26 Å². The van der Waals surface area contributed by atoms with E-state index in [1.54, 1.807) is 13.0 Å². The van der Waals surface area contributed by atoms with E-state index in [2.05, 4.69) is 15.8 Å². The molecule has 0 radical (unpaired) electrons. The number of imidazole rings is 1. The second-order valence-electron chi connectivity index (χ2n) is 5.73. The normalized spacial score (nSPS) is 17.9. The molecular formula is C15H19FN2S2. The zero-order chi connectivity index (χ0) is 14.3. The molecule has 0 atom stereocenters. The van der Waals surface area contributed by atoms with E-state index in [-0.39, 0.29) is 10.6 Å². The van der Waals surface area contributed by atoms with E-state index >= 15 is 0 Å². The Kier molecular flexibility index (Phi) is 3.67. The number of hydrogen-bond donors (Lipinski definition) is 1. The summed E-state index contributed by atoms with van der Waals surface area (Å²) in [5.74, 6) is -0.179. The van der Waals surface area contributed by atoms with Crippen LogP contribution >= 0.6 is 24.0 Å². The summed E-state index contributed by atoms with van der Waals surface area (Å²) >= 11 is 7.39. The van der Waals surface area contributed by atoms with Crippen LogP contribution in [0.4, 0.5) is 4.39 Å². The third-order valence-corrected chi connectivity index (χ3v) is 6.17. The van der Waals surface area contributed by atoms with Crippen molar-refractivity contribution in [3.63, 3.8) is 0 Å². The largest absolute Gasteiger partial charge is 0.330 e. The molecule has 0 amide bonds. The fourth-order valence-electron chi connectivity index (χ4n) is 3.17. The lowest BCUT2D eigenvalue weighted by molar-refractivity contribution is 0.510. The number of fused-ring (bicyclic) bond motifs is 1. The van der Waals surface area contributed by atoms with Crippen molar-refractivity contribution in [3.05, 3.63) is 28.3 Å². The zero-order valence-corrected chi connectivity index (χ0v) is 13.5. The molecule has 108 valence electrons. The molecule has 1 aliphatic rings. The molecular weight excluding hydrogens is 291 g/mol. The molecule has 1 aliphatic carbocycles. The average Bonchev–Trinajstić information content (AvgIpc) is 2.99. The van der Waals surface area contributed by atoms with E-state index < -0.39 is 0 Å². The minimum atomic E-state index is -0.179. The number of rotatable bonds is 3. The molecule has 0 bridgehead atoms. The standard InChI is InChI=1S/C15H19FN2S2/c1-10-7-13-12(8-11(10)16)17-14(19)18(13)9-15(20-2)5-3-4-6-15/h7-8H,3-6,9H2,1-2H3,(H,17,19). The Morgan fingerprint density at radius 2 is 2.10 bits per heavy atom. The molecule has 1 fully saturated rings. The number of H-pyrrole nitrogens is 1. The van der Waals surface area contributed by atoms with Gasteiger partial charge in [-0.2, -0.15) is 11.8 Å². The number of aromatic amines is 1. The highest BCUT2D eigenvalue weighted by Gasteiger charge is 2.34. The van der Waals surface area contributed by atoms with Crippen LogP contribution in [0.2, 0.25) is 0 Å². The minimum Gasteiger partial charge on any atom is -0.330 e. The molecule has 2 aromatic rings. The highest BCUT2D eigenvalue weighted by molar-refractivity contribution is 8.00. The Hall–Kier alpha value is -0.810. The molecule has 1 aromatic carbocycles. The van der Waals surface area contributed by atoms with E-state index in [0.717, 1.165) is 17.6 Å². The number of halogens is 1. The fraction of sp³-hybridized carbons (Fsp3) is 0.533. The quantitative estimate of drug-likeness (QED) is 0.820. The Morgan fingerprint density at radius 1 is 1.40 bits per heavy atom. The van der Waals surface area contributed by atoms with Gasteiger partial charge in [0, 0.05) is 11.3 Å². The lowest BCUT2D eigenvalue weighted by atomic mass is 10.1. The highest BCUT2D eigenvalue weighted by Crippen LogP contribution is 2.42. The molecule has 1 heterocycles. The van der Waals surface area contributed by atoms with Crippen LogP contribution in [-0.4, -0.2) is 20.6 Å². The third-order valence-electron chi connectivity index (χ3n) is 4.45. The number of nitrogens with zero attached hydrogens (tertiary/aromatic N) is 1. The van der Waals surface area contributed by atoms with Gasteiger partial charge in [0.25, 0.3) is 0 Å². The van der Waals surface area contributed by atoms with E-state index in [1.165, 1.54) is 25.7 Å². The second kappa shape index (κ2) is 5.19. The van der Waals surface area contributed by atoms with E-state index in [4.69, 9.17) is 12.2 Å². The van der Waals surface area contributed by atoms with Gasteiger partial charge >= 0.3 is 0 Å². The van der Waals surface area contributed by atoms with Crippen LogP contribution in [0.15, 0.2) is 12.1 Å². The number of aromatic nitrogens is 2. The van der Waals surface area contributed by atoms with E-state index in [0.29, 0.717) is 10.3 Å². The minimum absolute atomic E-state index is 0.179.